The Morgan fingerprint density at radius 3 is 2.50 bits per heavy atom. The fourth-order valence-corrected chi connectivity index (χ4v) is 1.11. The van der Waals surface area contributed by atoms with Gasteiger partial charge in [0.15, 0.2) is 0 Å². The molecule has 0 bridgehead atoms. The molecule has 12 heavy (non-hydrogen) atoms. The van der Waals surface area contributed by atoms with Gasteiger partial charge in [0.05, 0.1) is 11.4 Å². The van der Waals surface area contributed by atoms with E-state index in [1.165, 1.54) is 0 Å². The lowest BCUT2D eigenvalue weighted by molar-refractivity contribution is 1.13. The van der Waals surface area contributed by atoms with Crippen LogP contribution in [0.1, 0.15) is 0 Å². The van der Waals surface area contributed by atoms with E-state index in [0.717, 1.165) is 0 Å². The predicted octanol–water partition coefficient (Wildman–Crippen LogP) is 1.73. The molecule has 4 heteroatoms. The predicted molar refractivity (Wildman–Crippen MR) is 50.6 cm³/mol. The second-order valence-electron chi connectivity index (χ2n) is 2.70. The average molecular weight is 165 g/mol. The first-order valence-corrected chi connectivity index (χ1v) is 3.56. The molecule has 0 aliphatic heterocycles. The first kappa shape index (κ1) is 8.52. The average Bonchev–Trinajstić information content (AvgIpc) is 2.03. The molecule has 0 heterocycles. The third-order valence-electron chi connectivity index (χ3n) is 1.59. The van der Waals surface area contributed by atoms with Crippen LogP contribution >= 0.6 is 0 Å². The Morgan fingerprint density at radius 1 is 1.42 bits per heavy atom. The molecule has 0 atom stereocenters. The molecule has 0 amide bonds. The highest BCUT2D eigenvalue weighted by molar-refractivity contribution is 5.79. The lowest BCUT2D eigenvalue weighted by atomic mass is 10.2. The third kappa shape index (κ3) is 1.37. The molecular formula is C8H11N3O. The van der Waals surface area contributed by atoms with Crippen molar-refractivity contribution in [3.63, 3.8) is 0 Å². The zero-order valence-corrected chi connectivity index (χ0v) is 7.11. The van der Waals surface area contributed by atoms with Gasteiger partial charge in [-0.05, 0) is 17.3 Å². The van der Waals surface area contributed by atoms with Gasteiger partial charge >= 0.3 is 0 Å². The largest absolute Gasteiger partial charge is 0.397 e. The number of rotatable bonds is 2. The second kappa shape index (κ2) is 3.21. The Morgan fingerprint density at radius 2 is 2.08 bits per heavy atom. The summed E-state index contributed by atoms with van der Waals surface area (Å²) in [7, 11) is 3.64. The first-order chi connectivity index (χ1) is 5.66. The number of nitrogens with two attached hydrogens (primary N) is 1. The molecule has 64 valence electrons. The number of nitrogen functional groups attached to an aromatic ring is 1. The molecule has 0 aliphatic rings. The summed E-state index contributed by atoms with van der Waals surface area (Å²) in [6, 6.07) is 5.09. The SMILES string of the molecule is CN(C)c1c(N)cccc1N=O. The molecular weight excluding hydrogens is 154 g/mol. The van der Waals surface area contributed by atoms with Crippen LogP contribution < -0.4 is 10.6 Å². The van der Waals surface area contributed by atoms with Crippen LogP contribution in [0, 0.1) is 4.91 Å². The highest BCUT2D eigenvalue weighted by Gasteiger charge is 2.07. The fourth-order valence-electron chi connectivity index (χ4n) is 1.11. The van der Waals surface area contributed by atoms with Crippen LogP contribution in [0.5, 0.6) is 0 Å². The number of hydrogen-bond acceptors (Lipinski definition) is 4. The number of anilines is 2. The molecule has 0 spiro atoms. The zero-order chi connectivity index (χ0) is 9.14. The van der Waals surface area contributed by atoms with Gasteiger partial charge in [-0.1, -0.05) is 6.07 Å². The van der Waals surface area contributed by atoms with Crippen LogP contribution in [0.15, 0.2) is 23.4 Å². The summed E-state index contributed by atoms with van der Waals surface area (Å²) >= 11 is 0. The van der Waals surface area contributed by atoms with Gasteiger partial charge < -0.3 is 10.6 Å². The third-order valence-corrected chi connectivity index (χ3v) is 1.59. The summed E-state index contributed by atoms with van der Waals surface area (Å²) in [5.74, 6) is 0. The topological polar surface area (TPSA) is 58.7 Å². The maximum atomic E-state index is 10.4. The summed E-state index contributed by atoms with van der Waals surface area (Å²) < 4.78 is 0. The summed E-state index contributed by atoms with van der Waals surface area (Å²) in [6.45, 7) is 0. The Kier molecular flexibility index (Phi) is 2.28. The van der Waals surface area contributed by atoms with E-state index in [9.17, 15) is 4.91 Å². The van der Waals surface area contributed by atoms with Crippen molar-refractivity contribution in [1.82, 2.24) is 0 Å². The van der Waals surface area contributed by atoms with E-state index in [1.807, 2.05) is 14.1 Å². The normalized spacial score (nSPS) is 9.50. The van der Waals surface area contributed by atoms with Gasteiger partial charge in [0.2, 0.25) is 0 Å². The molecule has 0 aromatic heterocycles. The minimum atomic E-state index is 0.375. The van der Waals surface area contributed by atoms with Gasteiger partial charge in [0.25, 0.3) is 0 Å². The minimum Gasteiger partial charge on any atom is -0.397 e. The van der Waals surface area contributed by atoms with Gasteiger partial charge in [-0.2, -0.15) is 0 Å². The Labute approximate surface area is 71.0 Å². The van der Waals surface area contributed by atoms with E-state index in [1.54, 1.807) is 23.1 Å². The van der Waals surface area contributed by atoms with Crippen LogP contribution in [0.2, 0.25) is 0 Å². The van der Waals surface area contributed by atoms with Crippen LogP contribution in [0.4, 0.5) is 17.1 Å². The number of nitroso groups, excluding NO2 is 1. The zero-order valence-electron chi connectivity index (χ0n) is 7.11. The Hall–Kier alpha value is -1.58. The lowest BCUT2D eigenvalue weighted by Gasteiger charge is -2.15. The number of nitrogens with zero attached hydrogens (tertiary/aromatic N) is 2. The van der Waals surface area contributed by atoms with Crippen molar-refractivity contribution in [2.75, 3.05) is 24.7 Å². The van der Waals surface area contributed by atoms with Crippen LogP contribution in [0.25, 0.3) is 0 Å². The van der Waals surface area contributed by atoms with Crippen molar-refractivity contribution in [2.45, 2.75) is 0 Å². The smallest absolute Gasteiger partial charge is 0.133 e. The molecule has 0 saturated heterocycles. The van der Waals surface area contributed by atoms with Gasteiger partial charge in [0.1, 0.15) is 5.69 Å². The Balaban J connectivity index is 3.29. The van der Waals surface area contributed by atoms with Crippen LogP contribution in [-0.2, 0) is 0 Å². The molecule has 1 aromatic carbocycles. The molecule has 1 aromatic rings. The molecule has 0 unspecified atom stereocenters. The molecule has 0 fully saturated rings. The molecule has 0 saturated carbocycles. The molecule has 0 radical (unpaired) electrons. The molecule has 0 aliphatic carbocycles. The van der Waals surface area contributed by atoms with Crippen molar-refractivity contribution < 1.29 is 0 Å². The van der Waals surface area contributed by atoms with Crippen molar-refractivity contribution in [3.05, 3.63) is 23.1 Å². The monoisotopic (exact) mass is 165 g/mol. The summed E-state index contributed by atoms with van der Waals surface area (Å²) in [4.78, 5) is 12.1. The highest BCUT2D eigenvalue weighted by Crippen LogP contribution is 2.32. The van der Waals surface area contributed by atoms with E-state index in [2.05, 4.69) is 5.18 Å². The number of hydrogen-bond donors (Lipinski definition) is 1. The van der Waals surface area contributed by atoms with Gasteiger partial charge in [-0.3, -0.25) is 0 Å². The number of para-hydroxylation sites is 1. The van der Waals surface area contributed by atoms with Crippen molar-refractivity contribution in [2.24, 2.45) is 5.18 Å². The van der Waals surface area contributed by atoms with E-state index in [-0.39, 0.29) is 0 Å². The highest BCUT2D eigenvalue weighted by atomic mass is 16.3. The van der Waals surface area contributed by atoms with Crippen LogP contribution in [-0.4, -0.2) is 14.1 Å². The summed E-state index contributed by atoms with van der Waals surface area (Å²) in [5, 5.41) is 2.88. The van der Waals surface area contributed by atoms with E-state index >= 15 is 0 Å². The van der Waals surface area contributed by atoms with E-state index in [0.29, 0.717) is 17.1 Å². The van der Waals surface area contributed by atoms with E-state index < -0.39 is 0 Å². The lowest BCUT2D eigenvalue weighted by Crippen LogP contribution is -2.11. The van der Waals surface area contributed by atoms with Gasteiger partial charge in [-0.25, -0.2) is 0 Å². The molecule has 2 N–H and O–H groups in total. The Bertz CT molecular complexity index is 296. The standard InChI is InChI=1S/C8H11N3O/c1-11(2)8-6(9)4-3-5-7(8)10-12/h3-5H,9H2,1-2H3. The van der Waals surface area contributed by atoms with Crippen molar-refractivity contribution in [3.8, 4) is 0 Å². The van der Waals surface area contributed by atoms with Gasteiger partial charge in [0, 0.05) is 14.1 Å². The maximum absolute atomic E-state index is 10.4. The first-order valence-electron chi connectivity index (χ1n) is 3.56. The molecule has 4 nitrogen and oxygen atoms in total. The fraction of sp³-hybridized carbons (Fsp3) is 0.250. The molecule has 1 rings (SSSR count). The minimum absolute atomic E-state index is 0.375. The maximum Gasteiger partial charge on any atom is 0.133 e. The second-order valence-corrected chi connectivity index (χ2v) is 2.70. The van der Waals surface area contributed by atoms with Crippen LogP contribution in [0.3, 0.4) is 0 Å². The summed E-state index contributed by atoms with van der Waals surface area (Å²) in [6.07, 6.45) is 0. The van der Waals surface area contributed by atoms with Gasteiger partial charge in [-0.15, -0.1) is 4.91 Å². The quantitative estimate of drug-likeness (QED) is 0.536. The summed E-state index contributed by atoms with van der Waals surface area (Å²) in [5.41, 5.74) is 7.27. The number of benzene rings is 1. The van der Waals surface area contributed by atoms with E-state index in [4.69, 9.17) is 5.73 Å². The van der Waals surface area contributed by atoms with Crippen molar-refractivity contribution in [1.29, 1.82) is 0 Å². The van der Waals surface area contributed by atoms with Crippen molar-refractivity contribution >= 4 is 17.1 Å².